The molecular formula is C19H22BrNO. The number of benzene rings is 2. The summed E-state index contributed by atoms with van der Waals surface area (Å²) in [5, 5.41) is 10.3. The molecule has 0 aliphatic carbocycles. The topological polar surface area (TPSA) is 23.5 Å². The zero-order valence-electron chi connectivity index (χ0n) is 12.7. The first-order valence-corrected chi connectivity index (χ1v) is 8.69. The molecule has 1 N–H and O–H groups in total. The van der Waals surface area contributed by atoms with Crippen molar-refractivity contribution >= 4 is 15.9 Å². The SMILES string of the molecule is OC1CCN(Cc2ccccc2)CC1Cc1cccc(Br)c1. The van der Waals surface area contributed by atoms with Crippen molar-refractivity contribution in [1.82, 2.24) is 4.90 Å². The van der Waals surface area contributed by atoms with Crippen LogP contribution in [-0.4, -0.2) is 29.2 Å². The van der Waals surface area contributed by atoms with Gasteiger partial charge in [-0.25, -0.2) is 0 Å². The van der Waals surface area contributed by atoms with E-state index in [0.717, 1.165) is 36.9 Å². The molecule has 3 rings (SSSR count). The molecular weight excluding hydrogens is 338 g/mol. The summed E-state index contributed by atoms with van der Waals surface area (Å²) in [4.78, 5) is 2.46. The Labute approximate surface area is 140 Å². The third-order valence-electron chi connectivity index (χ3n) is 4.41. The molecule has 0 aromatic heterocycles. The summed E-state index contributed by atoms with van der Waals surface area (Å²) in [6.45, 7) is 2.91. The van der Waals surface area contributed by atoms with Crippen molar-refractivity contribution in [1.29, 1.82) is 0 Å². The van der Waals surface area contributed by atoms with Gasteiger partial charge in [0.1, 0.15) is 0 Å². The van der Waals surface area contributed by atoms with E-state index in [1.54, 1.807) is 0 Å². The van der Waals surface area contributed by atoms with E-state index in [9.17, 15) is 5.11 Å². The van der Waals surface area contributed by atoms with Crippen molar-refractivity contribution in [3.8, 4) is 0 Å². The van der Waals surface area contributed by atoms with Crippen molar-refractivity contribution < 1.29 is 5.11 Å². The summed E-state index contributed by atoms with van der Waals surface area (Å²) in [7, 11) is 0. The van der Waals surface area contributed by atoms with Crippen molar-refractivity contribution in [2.75, 3.05) is 13.1 Å². The van der Waals surface area contributed by atoms with Gasteiger partial charge in [-0.1, -0.05) is 58.4 Å². The highest BCUT2D eigenvalue weighted by atomic mass is 79.9. The fourth-order valence-corrected chi connectivity index (χ4v) is 3.69. The highest BCUT2D eigenvalue weighted by Gasteiger charge is 2.27. The van der Waals surface area contributed by atoms with Crippen LogP contribution in [-0.2, 0) is 13.0 Å². The molecule has 0 radical (unpaired) electrons. The number of rotatable bonds is 4. The summed E-state index contributed by atoms with van der Waals surface area (Å²) < 4.78 is 1.11. The van der Waals surface area contributed by atoms with Crippen LogP contribution in [0.5, 0.6) is 0 Å². The Kier molecular flexibility index (Phi) is 5.29. The molecule has 3 heteroatoms. The number of aliphatic hydroxyl groups is 1. The first kappa shape index (κ1) is 15.7. The second kappa shape index (κ2) is 7.40. The molecule has 116 valence electrons. The van der Waals surface area contributed by atoms with Gasteiger partial charge in [-0.05, 0) is 36.1 Å². The lowest BCUT2D eigenvalue weighted by Gasteiger charge is -2.36. The zero-order valence-corrected chi connectivity index (χ0v) is 14.2. The lowest BCUT2D eigenvalue weighted by atomic mass is 9.88. The van der Waals surface area contributed by atoms with E-state index in [1.165, 1.54) is 11.1 Å². The number of hydrogen-bond donors (Lipinski definition) is 1. The summed E-state index contributed by atoms with van der Waals surface area (Å²) >= 11 is 3.53. The molecule has 1 fully saturated rings. The van der Waals surface area contributed by atoms with Crippen molar-refractivity contribution in [3.05, 3.63) is 70.2 Å². The second-order valence-electron chi connectivity index (χ2n) is 6.17. The van der Waals surface area contributed by atoms with Gasteiger partial charge in [0.25, 0.3) is 0 Å². The van der Waals surface area contributed by atoms with Crippen molar-refractivity contribution in [2.24, 2.45) is 5.92 Å². The number of aliphatic hydroxyl groups excluding tert-OH is 1. The van der Waals surface area contributed by atoms with Gasteiger partial charge in [0.05, 0.1) is 6.10 Å². The van der Waals surface area contributed by atoms with Crippen LogP contribution < -0.4 is 0 Å². The van der Waals surface area contributed by atoms with Gasteiger partial charge in [-0.15, -0.1) is 0 Å². The van der Waals surface area contributed by atoms with Gasteiger partial charge in [-0.2, -0.15) is 0 Å². The lowest BCUT2D eigenvalue weighted by molar-refractivity contribution is 0.0239. The van der Waals surface area contributed by atoms with E-state index in [0.29, 0.717) is 5.92 Å². The maximum atomic E-state index is 10.3. The van der Waals surface area contributed by atoms with E-state index < -0.39 is 0 Å². The number of hydrogen-bond acceptors (Lipinski definition) is 2. The average Bonchev–Trinajstić information content (AvgIpc) is 2.52. The normalized spacial score (nSPS) is 22.6. The van der Waals surface area contributed by atoms with Gasteiger partial charge in [0.2, 0.25) is 0 Å². The fourth-order valence-electron chi connectivity index (χ4n) is 3.25. The summed E-state index contributed by atoms with van der Waals surface area (Å²) in [6.07, 6.45) is 1.61. The molecule has 2 aromatic rings. The molecule has 1 saturated heterocycles. The van der Waals surface area contributed by atoms with Crippen LogP contribution in [0.15, 0.2) is 59.1 Å². The van der Waals surface area contributed by atoms with Crippen LogP contribution >= 0.6 is 15.9 Å². The minimum atomic E-state index is -0.189. The maximum absolute atomic E-state index is 10.3. The van der Waals surface area contributed by atoms with E-state index in [2.05, 4.69) is 69.4 Å². The maximum Gasteiger partial charge on any atom is 0.0596 e. The second-order valence-corrected chi connectivity index (χ2v) is 7.09. The minimum Gasteiger partial charge on any atom is -0.393 e. The van der Waals surface area contributed by atoms with Crippen LogP contribution in [0.1, 0.15) is 17.5 Å². The van der Waals surface area contributed by atoms with Crippen LogP contribution in [0.4, 0.5) is 0 Å². The molecule has 0 amide bonds. The van der Waals surface area contributed by atoms with Gasteiger partial charge in [0, 0.05) is 30.0 Å². The third-order valence-corrected chi connectivity index (χ3v) is 4.91. The van der Waals surface area contributed by atoms with E-state index >= 15 is 0 Å². The predicted molar refractivity (Wildman–Crippen MR) is 93.7 cm³/mol. The Balaban J connectivity index is 1.63. The van der Waals surface area contributed by atoms with Crippen LogP contribution in [0.2, 0.25) is 0 Å². The van der Waals surface area contributed by atoms with E-state index in [1.807, 2.05) is 6.07 Å². The summed E-state index contributed by atoms with van der Waals surface area (Å²) in [6, 6.07) is 19.0. The Hall–Kier alpha value is -1.16. The molecule has 2 aromatic carbocycles. The summed E-state index contributed by atoms with van der Waals surface area (Å²) in [5.74, 6) is 0.312. The van der Waals surface area contributed by atoms with Gasteiger partial charge < -0.3 is 5.11 Å². The number of halogens is 1. The van der Waals surface area contributed by atoms with Crippen LogP contribution in [0, 0.1) is 5.92 Å². The van der Waals surface area contributed by atoms with Gasteiger partial charge in [0.15, 0.2) is 0 Å². The summed E-state index contributed by atoms with van der Waals surface area (Å²) in [5.41, 5.74) is 2.64. The molecule has 0 saturated carbocycles. The largest absolute Gasteiger partial charge is 0.393 e. The number of nitrogens with zero attached hydrogens (tertiary/aromatic N) is 1. The number of piperidine rings is 1. The molecule has 0 spiro atoms. The van der Waals surface area contributed by atoms with Crippen LogP contribution in [0.25, 0.3) is 0 Å². The van der Waals surface area contributed by atoms with E-state index in [-0.39, 0.29) is 6.10 Å². The number of likely N-dealkylation sites (tertiary alicyclic amines) is 1. The molecule has 2 nitrogen and oxygen atoms in total. The first-order chi connectivity index (χ1) is 10.7. The van der Waals surface area contributed by atoms with Crippen LogP contribution in [0.3, 0.4) is 0 Å². The van der Waals surface area contributed by atoms with Crippen molar-refractivity contribution in [2.45, 2.75) is 25.5 Å². The molecule has 2 unspecified atom stereocenters. The molecule has 1 aliphatic heterocycles. The first-order valence-electron chi connectivity index (χ1n) is 7.89. The standard InChI is InChI=1S/C19H22BrNO/c20-18-8-4-7-16(12-18)11-17-14-21(10-9-19(17)22)13-15-5-2-1-3-6-15/h1-8,12,17,19,22H,9-11,13-14H2. The Morgan fingerprint density at radius 1 is 1.05 bits per heavy atom. The quantitative estimate of drug-likeness (QED) is 0.895. The molecule has 0 bridgehead atoms. The van der Waals surface area contributed by atoms with Gasteiger partial charge >= 0.3 is 0 Å². The van der Waals surface area contributed by atoms with Gasteiger partial charge in [-0.3, -0.25) is 4.90 Å². The molecule has 2 atom stereocenters. The third kappa shape index (κ3) is 4.19. The lowest BCUT2D eigenvalue weighted by Crippen LogP contribution is -2.43. The minimum absolute atomic E-state index is 0.189. The Morgan fingerprint density at radius 3 is 2.59 bits per heavy atom. The fraction of sp³-hybridized carbons (Fsp3) is 0.368. The Bertz CT molecular complexity index is 601. The zero-order chi connectivity index (χ0) is 15.4. The Morgan fingerprint density at radius 2 is 1.82 bits per heavy atom. The molecule has 1 heterocycles. The highest BCUT2D eigenvalue weighted by molar-refractivity contribution is 9.10. The van der Waals surface area contributed by atoms with Crippen molar-refractivity contribution in [3.63, 3.8) is 0 Å². The molecule has 22 heavy (non-hydrogen) atoms. The highest BCUT2D eigenvalue weighted by Crippen LogP contribution is 2.24. The molecule has 1 aliphatic rings. The monoisotopic (exact) mass is 359 g/mol. The van der Waals surface area contributed by atoms with E-state index in [4.69, 9.17) is 0 Å². The average molecular weight is 360 g/mol. The predicted octanol–water partition coefficient (Wildman–Crippen LogP) is 3.87. The smallest absolute Gasteiger partial charge is 0.0596 e.